The van der Waals surface area contributed by atoms with Crippen LogP contribution in [0.15, 0.2) is 12.0 Å². The topological polar surface area (TPSA) is 57.6 Å². The zero-order chi connectivity index (χ0) is 11.1. The molecule has 84 valence electrons. The lowest BCUT2D eigenvalue weighted by Gasteiger charge is -2.22. The van der Waals surface area contributed by atoms with Crippen molar-refractivity contribution < 1.29 is 9.84 Å². The first-order valence-corrected chi connectivity index (χ1v) is 5.59. The van der Waals surface area contributed by atoms with Crippen molar-refractivity contribution in [3.05, 3.63) is 16.9 Å². The molecule has 0 bridgehead atoms. The van der Waals surface area contributed by atoms with Crippen molar-refractivity contribution in [1.29, 1.82) is 5.39 Å². The van der Waals surface area contributed by atoms with E-state index in [4.69, 9.17) is 10.1 Å². The summed E-state index contributed by atoms with van der Waals surface area (Å²) in [6.45, 7) is 2.43. The molecule has 4 nitrogen and oxygen atoms in total. The van der Waals surface area contributed by atoms with Crippen LogP contribution in [0.25, 0.3) is 4.98 Å². The smallest absolute Gasteiger partial charge is 0.390 e. The van der Waals surface area contributed by atoms with Gasteiger partial charge in [0.1, 0.15) is 6.10 Å². The van der Waals surface area contributed by atoms with Gasteiger partial charge in [0.05, 0.1) is 6.61 Å². The van der Waals surface area contributed by atoms with Crippen molar-refractivity contribution in [1.82, 2.24) is 0 Å². The molecule has 0 amide bonds. The molecule has 0 aromatic rings. The van der Waals surface area contributed by atoms with Gasteiger partial charge in [-0.3, -0.25) is 0 Å². The third kappa shape index (κ3) is 4.30. The summed E-state index contributed by atoms with van der Waals surface area (Å²) < 4.78 is 5.51. The predicted molar refractivity (Wildman–Crippen MR) is 57.8 cm³/mol. The highest BCUT2D eigenvalue weighted by atomic mass is 16.5. The lowest BCUT2D eigenvalue weighted by molar-refractivity contribution is 0.0292. The summed E-state index contributed by atoms with van der Waals surface area (Å²) >= 11 is 0. The Hall–Kier alpha value is -1.08. The molecule has 0 spiro atoms. The van der Waals surface area contributed by atoms with Gasteiger partial charge in [-0.1, -0.05) is 19.3 Å². The Morgan fingerprint density at radius 1 is 1.53 bits per heavy atom. The molecule has 0 heterocycles. The van der Waals surface area contributed by atoms with Crippen LogP contribution in [0.3, 0.4) is 0 Å². The molecule has 4 heteroatoms. The third-order valence-corrected chi connectivity index (χ3v) is 2.91. The van der Waals surface area contributed by atoms with Crippen molar-refractivity contribution in [3.63, 3.8) is 0 Å². The fourth-order valence-electron chi connectivity index (χ4n) is 1.88. The van der Waals surface area contributed by atoms with Crippen LogP contribution in [-0.4, -0.2) is 17.8 Å². The van der Waals surface area contributed by atoms with Crippen molar-refractivity contribution in [2.45, 2.75) is 45.1 Å². The van der Waals surface area contributed by atoms with Gasteiger partial charge in [0.25, 0.3) is 0 Å². The molecule has 0 radical (unpaired) electrons. The SMILES string of the molecule is CC(OCC1CCCCC1)/C(O)=C\[N+]#N. The van der Waals surface area contributed by atoms with Crippen molar-refractivity contribution in [3.8, 4) is 0 Å². The minimum Gasteiger partial charge on any atom is -0.504 e. The lowest BCUT2D eigenvalue weighted by atomic mass is 9.90. The maximum absolute atomic E-state index is 9.33. The van der Waals surface area contributed by atoms with Crippen LogP contribution >= 0.6 is 0 Å². The van der Waals surface area contributed by atoms with Gasteiger partial charge < -0.3 is 9.84 Å². The van der Waals surface area contributed by atoms with Gasteiger partial charge in [-0.25, -0.2) is 0 Å². The summed E-state index contributed by atoms with van der Waals surface area (Å²) in [6.07, 6.45) is 6.98. The summed E-state index contributed by atoms with van der Waals surface area (Å²) in [5.41, 5.74) is 0. The minimum absolute atomic E-state index is 0.0340. The second-order valence-electron chi connectivity index (χ2n) is 4.15. The maximum atomic E-state index is 9.33. The quantitative estimate of drug-likeness (QED) is 0.573. The van der Waals surface area contributed by atoms with Gasteiger partial charge in [0.2, 0.25) is 11.2 Å². The number of hydrogen-bond donors (Lipinski definition) is 1. The Morgan fingerprint density at radius 3 is 2.80 bits per heavy atom. The molecule has 0 saturated heterocycles. The van der Waals surface area contributed by atoms with Crippen molar-refractivity contribution >= 4 is 0 Å². The van der Waals surface area contributed by atoms with Gasteiger partial charge in [-0.05, 0) is 25.7 Å². The highest BCUT2D eigenvalue weighted by molar-refractivity contribution is 5.00. The van der Waals surface area contributed by atoms with E-state index in [-0.39, 0.29) is 11.9 Å². The molecule has 0 aliphatic heterocycles. The number of diazo groups is 1. The Bertz CT molecular complexity index is 252. The van der Waals surface area contributed by atoms with Gasteiger partial charge in [-0.2, -0.15) is 0 Å². The highest BCUT2D eigenvalue weighted by Crippen LogP contribution is 2.24. The largest absolute Gasteiger partial charge is 0.504 e. The van der Waals surface area contributed by atoms with E-state index in [0.29, 0.717) is 12.5 Å². The first-order chi connectivity index (χ1) is 7.24. The average molecular weight is 211 g/mol. The van der Waals surface area contributed by atoms with E-state index in [1.807, 2.05) is 0 Å². The normalized spacial score (nSPS) is 20.9. The summed E-state index contributed by atoms with van der Waals surface area (Å²) in [5.74, 6) is 0.591. The van der Waals surface area contributed by atoms with Crippen LogP contribution < -0.4 is 0 Å². The van der Waals surface area contributed by atoms with Crippen molar-refractivity contribution in [2.75, 3.05) is 6.61 Å². The lowest BCUT2D eigenvalue weighted by Crippen LogP contribution is -2.19. The Labute approximate surface area is 90.6 Å². The van der Waals surface area contributed by atoms with Crippen molar-refractivity contribution in [2.24, 2.45) is 5.92 Å². The van der Waals surface area contributed by atoms with E-state index < -0.39 is 0 Å². The number of rotatable bonds is 4. The molecular weight excluding hydrogens is 192 g/mol. The van der Waals surface area contributed by atoms with Crippen LogP contribution in [0.4, 0.5) is 0 Å². The molecule has 15 heavy (non-hydrogen) atoms. The van der Waals surface area contributed by atoms with Gasteiger partial charge in [0.15, 0.2) is 4.98 Å². The second kappa shape index (κ2) is 6.41. The van der Waals surface area contributed by atoms with Crippen LogP contribution in [0.2, 0.25) is 0 Å². The zero-order valence-corrected chi connectivity index (χ0v) is 9.22. The van der Waals surface area contributed by atoms with E-state index in [1.54, 1.807) is 6.92 Å². The third-order valence-electron chi connectivity index (χ3n) is 2.91. The monoisotopic (exact) mass is 211 g/mol. The average Bonchev–Trinajstić information content (AvgIpc) is 2.27. The number of nitrogens with zero attached hydrogens (tertiary/aromatic N) is 2. The molecule has 0 aromatic heterocycles. The van der Waals surface area contributed by atoms with E-state index in [9.17, 15) is 5.11 Å². The molecule has 1 aliphatic rings. The summed E-state index contributed by atoms with van der Waals surface area (Å²) in [5, 5.41) is 17.6. The van der Waals surface area contributed by atoms with E-state index >= 15 is 0 Å². The standard InChI is InChI=1S/C11H18N2O2/c1-9(11(14)7-13-12)15-8-10-5-3-2-4-6-10/h7,9-10H,2-6,8H2,1H3/p+1/b11-7+. The fourth-order valence-corrected chi connectivity index (χ4v) is 1.88. The van der Waals surface area contributed by atoms with Crippen LogP contribution in [0.1, 0.15) is 39.0 Å². The van der Waals surface area contributed by atoms with E-state index in [2.05, 4.69) is 4.98 Å². The number of aliphatic hydroxyl groups excluding tert-OH is 1. The molecule has 1 aliphatic carbocycles. The highest BCUT2D eigenvalue weighted by Gasteiger charge is 2.17. The van der Waals surface area contributed by atoms with Crippen LogP contribution in [0.5, 0.6) is 0 Å². The van der Waals surface area contributed by atoms with E-state index in [1.165, 1.54) is 32.1 Å². The van der Waals surface area contributed by atoms with Crippen LogP contribution in [-0.2, 0) is 4.74 Å². The molecule has 1 N–H and O–H groups in total. The second-order valence-corrected chi connectivity index (χ2v) is 4.15. The molecular formula is C11H19N2O2+. The number of ether oxygens (including phenoxy) is 1. The number of aliphatic hydroxyl groups is 1. The molecule has 1 rings (SSSR count). The minimum atomic E-state index is -0.386. The van der Waals surface area contributed by atoms with Gasteiger partial charge >= 0.3 is 6.20 Å². The molecule has 0 aromatic carbocycles. The molecule has 1 fully saturated rings. The molecule has 1 atom stereocenters. The molecule has 1 unspecified atom stereocenters. The van der Waals surface area contributed by atoms with Crippen LogP contribution in [0, 0.1) is 11.3 Å². The summed E-state index contributed by atoms with van der Waals surface area (Å²) in [7, 11) is 0. The Kier molecular flexibility index (Phi) is 5.13. The Morgan fingerprint density at radius 2 is 2.20 bits per heavy atom. The summed E-state index contributed by atoms with van der Waals surface area (Å²) in [4.78, 5) is 2.76. The fraction of sp³-hybridized carbons (Fsp3) is 0.818. The Balaban J connectivity index is 2.24. The van der Waals surface area contributed by atoms with Gasteiger partial charge in [0, 0.05) is 0 Å². The summed E-state index contributed by atoms with van der Waals surface area (Å²) in [6, 6.07) is 0. The first-order valence-electron chi connectivity index (χ1n) is 5.59. The number of hydrogen-bond acceptors (Lipinski definition) is 3. The predicted octanol–water partition coefficient (Wildman–Crippen LogP) is 3.22. The first kappa shape index (κ1) is 12.0. The molecule has 1 saturated carbocycles. The zero-order valence-electron chi connectivity index (χ0n) is 9.22. The van der Waals surface area contributed by atoms with Gasteiger partial charge in [-0.15, -0.1) is 0 Å². The van der Waals surface area contributed by atoms with E-state index in [0.717, 1.165) is 6.20 Å². The maximum Gasteiger partial charge on any atom is 0.390 e.